The molecule has 0 aromatic heterocycles. The topological polar surface area (TPSA) is 0 Å². The number of unbranched alkanes of at least 4 members (excludes halogenated alkanes) is 3. The van der Waals surface area contributed by atoms with Crippen LogP contribution in [0.25, 0.3) is 0 Å². The Kier molecular flexibility index (Phi) is 6.22. The van der Waals surface area contributed by atoms with Gasteiger partial charge in [0, 0.05) is 0 Å². The predicted molar refractivity (Wildman–Crippen MR) is 73.0 cm³/mol. The van der Waals surface area contributed by atoms with Crippen molar-refractivity contribution >= 4 is 0 Å². The Balaban J connectivity index is 2.39. The lowest BCUT2D eigenvalue weighted by atomic mass is 9.96. The highest BCUT2D eigenvalue weighted by molar-refractivity contribution is 5.25. The summed E-state index contributed by atoms with van der Waals surface area (Å²) in [5.74, 6) is 0.703. The number of aryl methyl sites for hydroxylation is 1. The van der Waals surface area contributed by atoms with Gasteiger partial charge in [0.1, 0.15) is 0 Å². The normalized spacial score (nSPS) is 12.7. The van der Waals surface area contributed by atoms with Gasteiger partial charge >= 0.3 is 0 Å². The fourth-order valence-corrected chi connectivity index (χ4v) is 2.00. The lowest BCUT2D eigenvalue weighted by molar-refractivity contribution is 0.666. The van der Waals surface area contributed by atoms with Crippen LogP contribution in [0.2, 0.25) is 0 Å². The average Bonchev–Trinajstić information content (AvgIpc) is 2.34. The third-order valence-electron chi connectivity index (χ3n) is 3.48. The molecule has 0 amide bonds. The summed E-state index contributed by atoms with van der Waals surface area (Å²) < 4.78 is 0. The summed E-state index contributed by atoms with van der Waals surface area (Å²) in [5.41, 5.74) is 2.99. The monoisotopic (exact) mass is 218 g/mol. The third kappa shape index (κ3) is 4.38. The van der Waals surface area contributed by atoms with Crippen molar-refractivity contribution in [1.29, 1.82) is 0 Å². The molecule has 90 valence electrons. The van der Waals surface area contributed by atoms with Crippen LogP contribution in [0.4, 0.5) is 0 Å². The highest BCUT2D eigenvalue weighted by Crippen LogP contribution is 2.19. The van der Waals surface area contributed by atoms with E-state index in [2.05, 4.69) is 45.0 Å². The molecule has 16 heavy (non-hydrogen) atoms. The van der Waals surface area contributed by atoms with Gasteiger partial charge in [-0.15, -0.1) is 0 Å². The minimum Gasteiger partial charge on any atom is -0.0654 e. The van der Waals surface area contributed by atoms with Crippen molar-refractivity contribution in [3.05, 3.63) is 35.4 Å². The Labute approximate surface area is 101 Å². The van der Waals surface area contributed by atoms with E-state index in [-0.39, 0.29) is 0 Å². The summed E-state index contributed by atoms with van der Waals surface area (Å²) in [6, 6.07) is 9.24. The van der Waals surface area contributed by atoms with Crippen molar-refractivity contribution in [2.45, 2.75) is 65.2 Å². The number of rotatable bonds is 7. The zero-order valence-electron chi connectivity index (χ0n) is 11.1. The van der Waals surface area contributed by atoms with E-state index in [1.807, 2.05) is 0 Å². The fraction of sp³-hybridized carbons (Fsp3) is 0.625. The van der Waals surface area contributed by atoms with Crippen LogP contribution in [0.15, 0.2) is 24.3 Å². The molecule has 1 atom stereocenters. The van der Waals surface area contributed by atoms with Crippen molar-refractivity contribution in [2.75, 3.05) is 0 Å². The molecule has 0 bridgehead atoms. The number of benzene rings is 1. The molecule has 1 aromatic rings. The summed E-state index contributed by atoms with van der Waals surface area (Å²) in [7, 11) is 0. The number of hydrogen-bond acceptors (Lipinski definition) is 0. The van der Waals surface area contributed by atoms with Gasteiger partial charge in [-0.3, -0.25) is 0 Å². The van der Waals surface area contributed by atoms with Crippen LogP contribution >= 0.6 is 0 Å². The van der Waals surface area contributed by atoms with E-state index in [1.54, 1.807) is 0 Å². The maximum atomic E-state index is 2.31. The molecule has 0 heterocycles. The van der Waals surface area contributed by atoms with Gasteiger partial charge in [-0.25, -0.2) is 0 Å². The van der Waals surface area contributed by atoms with Gasteiger partial charge in [-0.2, -0.15) is 0 Å². The molecular weight excluding hydrogens is 192 g/mol. The molecule has 0 fully saturated rings. The van der Waals surface area contributed by atoms with E-state index in [9.17, 15) is 0 Å². The van der Waals surface area contributed by atoms with Crippen LogP contribution in [0.1, 0.15) is 69.9 Å². The largest absolute Gasteiger partial charge is 0.0654 e. The SMILES string of the molecule is CCCCCCc1ccc(C(C)CC)cc1. The second-order valence-corrected chi connectivity index (χ2v) is 4.86. The van der Waals surface area contributed by atoms with Crippen molar-refractivity contribution in [1.82, 2.24) is 0 Å². The van der Waals surface area contributed by atoms with Gasteiger partial charge in [0.15, 0.2) is 0 Å². The van der Waals surface area contributed by atoms with Gasteiger partial charge in [-0.05, 0) is 36.3 Å². The molecule has 1 rings (SSSR count). The highest BCUT2D eigenvalue weighted by atomic mass is 14.1. The molecule has 1 unspecified atom stereocenters. The summed E-state index contributed by atoms with van der Waals surface area (Å²) in [6.45, 7) is 6.82. The highest BCUT2D eigenvalue weighted by Gasteiger charge is 2.02. The second-order valence-electron chi connectivity index (χ2n) is 4.86. The molecule has 0 radical (unpaired) electrons. The summed E-state index contributed by atoms with van der Waals surface area (Å²) in [5, 5.41) is 0. The zero-order valence-corrected chi connectivity index (χ0v) is 11.1. The van der Waals surface area contributed by atoms with Gasteiger partial charge < -0.3 is 0 Å². The zero-order chi connectivity index (χ0) is 11.8. The van der Waals surface area contributed by atoms with Crippen LogP contribution in [0.3, 0.4) is 0 Å². The van der Waals surface area contributed by atoms with Crippen LogP contribution < -0.4 is 0 Å². The van der Waals surface area contributed by atoms with Crippen molar-refractivity contribution < 1.29 is 0 Å². The Bertz CT molecular complexity index is 271. The smallest absolute Gasteiger partial charge is 0.0193 e. The molecule has 0 aliphatic carbocycles. The predicted octanol–water partition coefficient (Wildman–Crippen LogP) is 5.32. The molecule has 0 aliphatic rings. The first-order chi connectivity index (χ1) is 7.77. The molecule has 0 spiro atoms. The first-order valence-electron chi connectivity index (χ1n) is 6.86. The third-order valence-corrected chi connectivity index (χ3v) is 3.48. The maximum absolute atomic E-state index is 2.31. The van der Waals surface area contributed by atoms with Crippen LogP contribution in [-0.4, -0.2) is 0 Å². The van der Waals surface area contributed by atoms with Gasteiger partial charge in [0.05, 0.1) is 0 Å². The standard InChI is InChI=1S/C16H26/c1-4-6-7-8-9-15-10-12-16(13-11-15)14(3)5-2/h10-14H,4-9H2,1-3H3. The van der Waals surface area contributed by atoms with Crippen LogP contribution in [0.5, 0.6) is 0 Å². The second kappa shape index (κ2) is 7.49. The Morgan fingerprint density at radius 2 is 1.62 bits per heavy atom. The van der Waals surface area contributed by atoms with Gasteiger partial charge in [0.25, 0.3) is 0 Å². The van der Waals surface area contributed by atoms with Crippen molar-refractivity contribution in [3.8, 4) is 0 Å². The first kappa shape index (κ1) is 13.3. The Morgan fingerprint density at radius 3 is 2.19 bits per heavy atom. The van der Waals surface area contributed by atoms with E-state index in [0.29, 0.717) is 5.92 Å². The van der Waals surface area contributed by atoms with Gasteiger partial charge in [-0.1, -0.05) is 64.3 Å². The van der Waals surface area contributed by atoms with Crippen molar-refractivity contribution in [2.24, 2.45) is 0 Å². The van der Waals surface area contributed by atoms with Crippen molar-refractivity contribution in [3.63, 3.8) is 0 Å². The maximum Gasteiger partial charge on any atom is -0.0193 e. The molecule has 0 N–H and O–H groups in total. The minimum absolute atomic E-state index is 0.703. The van der Waals surface area contributed by atoms with E-state index < -0.39 is 0 Å². The van der Waals surface area contributed by atoms with Crippen LogP contribution in [0, 0.1) is 0 Å². The van der Waals surface area contributed by atoms with E-state index in [0.717, 1.165) is 0 Å². The summed E-state index contributed by atoms with van der Waals surface area (Å²) in [6.07, 6.45) is 7.91. The lowest BCUT2D eigenvalue weighted by Crippen LogP contribution is -1.92. The quantitative estimate of drug-likeness (QED) is 0.543. The molecule has 1 aromatic carbocycles. The molecule has 0 heteroatoms. The summed E-state index contributed by atoms with van der Waals surface area (Å²) in [4.78, 5) is 0. The molecular formula is C16H26. The Morgan fingerprint density at radius 1 is 0.938 bits per heavy atom. The van der Waals surface area contributed by atoms with Crippen LogP contribution in [-0.2, 0) is 6.42 Å². The van der Waals surface area contributed by atoms with Gasteiger partial charge in [0.2, 0.25) is 0 Å². The average molecular weight is 218 g/mol. The molecule has 0 saturated carbocycles. The fourth-order valence-electron chi connectivity index (χ4n) is 2.00. The minimum atomic E-state index is 0.703. The Hall–Kier alpha value is -0.780. The molecule has 0 aliphatic heterocycles. The van der Waals surface area contributed by atoms with E-state index in [1.165, 1.54) is 49.7 Å². The molecule has 0 nitrogen and oxygen atoms in total. The number of hydrogen-bond donors (Lipinski definition) is 0. The lowest BCUT2D eigenvalue weighted by Gasteiger charge is -2.09. The summed E-state index contributed by atoms with van der Waals surface area (Å²) >= 11 is 0. The first-order valence-corrected chi connectivity index (χ1v) is 6.86. The molecule has 0 saturated heterocycles. The van der Waals surface area contributed by atoms with E-state index >= 15 is 0 Å². The van der Waals surface area contributed by atoms with E-state index in [4.69, 9.17) is 0 Å².